The first-order valence-corrected chi connectivity index (χ1v) is 12.0. The number of rotatable bonds is 12. The van der Waals surface area contributed by atoms with Crippen molar-refractivity contribution < 1.29 is 18.9 Å². The SMILES string of the molecule is COCCOc1ccc(C(Cc2ccc(C(=N)N)cc2)c2nn(-c3ccccc3OC)c(=O)[nH]2)cc1OC. The lowest BCUT2D eigenvalue weighted by atomic mass is 9.90. The molecular weight excluding hydrogens is 486 g/mol. The van der Waals surface area contributed by atoms with Crippen molar-refractivity contribution >= 4 is 5.84 Å². The Balaban J connectivity index is 1.76. The van der Waals surface area contributed by atoms with E-state index in [1.165, 1.54) is 4.68 Å². The molecule has 4 aromatic rings. The van der Waals surface area contributed by atoms with Crippen LogP contribution in [0.5, 0.6) is 17.2 Å². The molecule has 0 radical (unpaired) electrons. The summed E-state index contributed by atoms with van der Waals surface area (Å²) >= 11 is 0. The van der Waals surface area contributed by atoms with E-state index >= 15 is 0 Å². The zero-order valence-corrected chi connectivity index (χ0v) is 21.6. The van der Waals surface area contributed by atoms with Crippen LogP contribution in [0.2, 0.25) is 0 Å². The van der Waals surface area contributed by atoms with Gasteiger partial charge in [-0.05, 0) is 41.8 Å². The molecule has 10 heteroatoms. The van der Waals surface area contributed by atoms with E-state index in [0.29, 0.717) is 54.0 Å². The average Bonchev–Trinajstić information content (AvgIpc) is 3.33. The van der Waals surface area contributed by atoms with Gasteiger partial charge in [-0.3, -0.25) is 10.4 Å². The highest BCUT2D eigenvalue weighted by molar-refractivity contribution is 5.94. The van der Waals surface area contributed by atoms with Gasteiger partial charge in [0.2, 0.25) is 0 Å². The monoisotopic (exact) mass is 517 g/mol. The van der Waals surface area contributed by atoms with Gasteiger partial charge >= 0.3 is 5.69 Å². The first kappa shape index (κ1) is 26.5. The number of benzene rings is 3. The lowest BCUT2D eigenvalue weighted by Gasteiger charge is -2.18. The third-order valence-electron chi connectivity index (χ3n) is 6.12. The van der Waals surface area contributed by atoms with Gasteiger partial charge in [0.05, 0.1) is 20.8 Å². The third-order valence-corrected chi connectivity index (χ3v) is 6.12. The van der Waals surface area contributed by atoms with Gasteiger partial charge < -0.3 is 24.7 Å². The summed E-state index contributed by atoms with van der Waals surface area (Å²) in [6.07, 6.45) is 0.518. The summed E-state index contributed by atoms with van der Waals surface area (Å²) in [7, 11) is 4.74. The Hall–Kier alpha value is -4.57. The molecule has 198 valence electrons. The van der Waals surface area contributed by atoms with E-state index in [1.807, 2.05) is 42.5 Å². The Morgan fingerprint density at radius 3 is 2.39 bits per heavy atom. The number of hydrogen-bond donors (Lipinski definition) is 3. The second kappa shape index (κ2) is 12.1. The highest BCUT2D eigenvalue weighted by atomic mass is 16.5. The van der Waals surface area contributed by atoms with Gasteiger partial charge in [0.15, 0.2) is 11.5 Å². The fourth-order valence-electron chi connectivity index (χ4n) is 4.15. The number of nitrogen functional groups attached to an aromatic ring is 1. The van der Waals surface area contributed by atoms with E-state index in [4.69, 9.17) is 30.1 Å². The standard InChI is InChI=1S/C28H31N5O5/c1-35-14-15-38-24-13-12-20(17-25(24)37-3)21(16-18-8-10-19(11-9-18)26(29)30)27-31-28(34)33(32-27)22-6-4-5-7-23(22)36-2/h4-13,17,21H,14-16H2,1-3H3,(H3,29,30)(H,31,32,34). The van der Waals surface area contributed by atoms with E-state index in [1.54, 1.807) is 45.6 Å². The Morgan fingerprint density at radius 1 is 0.974 bits per heavy atom. The Labute approximate surface area is 220 Å². The molecule has 0 amide bonds. The van der Waals surface area contributed by atoms with Gasteiger partial charge in [-0.15, -0.1) is 5.10 Å². The van der Waals surface area contributed by atoms with Crippen LogP contribution >= 0.6 is 0 Å². The van der Waals surface area contributed by atoms with Gasteiger partial charge in [-0.25, -0.2) is 4.79 Å². The number of aromatic amines is 1. The number of nitrogens with one attached hydrogen (secondary N) is 2. The molecule has 10 nitrogen and oxygen atoms in total. The molecule has 0 saturated heterocycles. The van der Waals surface area contributed by atoms with Crippen molar-refractivity contribution in [2.45, 2.75) is 12.3 Å². The first-order chi connectivity index (χ1) is 18.4. The van der Waals surface area contributed by atoms with E-state index < -0.39 is 0 Å². The van der Waals surface area contributed by atoms with E-state index in [0.717, 1.165) is 11.1 Å². The molecule has 1 aromatic heterocycles. The zero-order chi connectivity index (χ0) is 27.1. The Bertz CT molecular complexity index is 1440. The second-order valence-electron chi connectivity index (χ2n) is 8.52. The highest BCUT2D eigenvalue weighted by Crippen LogP contribution is 2.34. The Morgan fingerprint density at radius 2 is 1.71 bits per heavy atom. The maximum absolute atomic E-state index is 13.0. The minimum atomic E-state index is -0.382. The number of aromatic nitrogens is 3. The number of hydrogen-bond acceptors (Lipinski definition) is 7. The summed E-state index contributed by atoms with van der Waals surface area (Å²) in [6, 6.07) is 20.3. The molecule has 1 atom stereocenters. The number of amidine groups is 1. The van der Waals surface area contributed by atoms with Crippen LogP contribution in [0, 0.1) is 5.41 Å². The molecule has 0 aliphatic rings. The molecule has 3 aromatic carbocycles. The van der Waals surface area contributed by atoms with Gasteiger partial charge in [0.1, 0.15) is 29.7 Å². The van der Waals surface area contributed by atoms with Crippen LogP contribution in [0.25, 0.3) is 5.69 Å². The summed E-state index contributed by atoms with van der Waals surface area (Å²) in [6.45, 7) is 0.834. The molecule has 1 unspecified atom stereocenters. The topological polar surface area (TPSA) is 137 Å². The van der Waals surface area contributed by atoms with E-state index in [-0.39, 0.29) is 17.4 Å². The van der Waals surface area contributed by atoms with Crippen LogP contribution in [-0.2, 0) is 11.2 Å². The predicted octanol–water partition coefficient (Wildman–Crippen LogP) is 3.26. The van der Waals surface area contributed by atoms with Crippen molar-refractivity contribution in [3.63, 3.8) is 0 Å². The fourth-order valence-corrected chi connectivity index (χ4v) is 4.15. The second-order valence-corrected chi connectivity index (χ2v) is 8.52. The molecule has 1 heterocycles. The summed E-state index contributed by atoms with van der Waals surface area (Å²) in [5.41, 5.74) is 8.26. The smallest absolute Gasteiger partial charge is 0.348 e. The van der Waals surface area contributed by atoms with Crippen LogP contribution in [0.1, 0.15) is 28.4 Å². The first-order valence-electron chi connectivity index (χ1n) is 12.0. The quantitative estimate of drug-likeness (QED) is 0.149. The average molecular weight is 518 g/mol. The lowest BCUT2D eigenvalue weighted by Crippen LogP contribution is -2.16. The van der Waals surface area contributed by atoms with Crippen molar-refractivity contribution in [3.8, 4) is 22.9 Å². The summed E-state index contributed by atoms with van der Waals surface area (Å²) in [5, 5.41) is 12.3. The molecule has 0 saturated carbocycles. The number of H-pyrrole nitrogens is 1. The largest absolute Gasteiger partial charge is 0.494 e. The minimum absolute atomic E-state index is 0.00165. The van der Waals surface area contributed by atoms with Crippen LogP contribution in [0.15, 0.2) is 71.5 Å². The number of para-hydroxylation sites is 2. The maximum Gasteiger partial charge on any atom is 0.348 e. The normalized spacial score (nSPS) is 11.7. The zero-order valence-electron chi connectivity index (χ0n) is 21.6. The van der Waals surface area contributed by atoms with Crippen molar-refractivity contribution in [1.82, 2.24) is 14.8 Å². The van der Waals surface area contributed by atoms with Crippen LogP contribution in [0.4, 0.5) is 0 Å². The van der Waals surface area contributed by atoms with Gasteiger partial charge in [0, 0.05) is 18.6 Å². The van der Waals surface area contributed by atoms with E-state index in [2.05, 4.69) is 10.1 Å². The van der Waals surface area contributed by atoms with Crippen LogP contribution in [0.3, 0.4) is 0 Å². The highest BCUT2D eigenvalue weighted by Gasteiger charge is 2.23. The van der Waals surface area contributed by atoms with Gasteiger partial charge in [0.25, 0.3) is 0 Å². The molecule has 0 spiro atoms. The number of nitrogens with two attached hydrogens (primary N) is 1. The van der Waals surface area contributed by atoms with Crippen molar-refractivity contribution in [2.24, 2.45) is 5.73 Å². The molecule has 0 aliphatic carbocycles. The van der Waals surface area contributed by atoms with Crippen LogP contribution in [-0.4, -0.2) is 55.1 Å². The lowest BCUT2D eigenvalue weighted by molar-refractivity contribution is 0.144. The van der Waals surface area contributed by atoms with Gasteiger partial charge in [-0.2, -0.15) is 4.68 Å². The summed E-state index contributed by atoms with van der Waals surface area (Å²) < 4.78 is 23.2. The number of ether oxygens (including phenoxy) is 4. The molecule has 0 bridgehead atoms. The molecular formula is C28H31N5O5. The molecule has 38 heavy (non-hydrogen) atoms. The molecule has 0 fully saturated rings. The van der Waals surface area contributed by atoms with Crippen LogP contribution < -0.4 is 25.6 Å². The summed E-state index contributed by atoms with van der Waals surface area (Å²) in [4.78, 5) is 16.0. The Kier molecular flexibility index (Phi) is 8.44. The molecule has 4 N–H and O–H groups in total. The third kappa shape index (κ3) is 5.87. The van der Waals surface area contributed by atoms with Gasteiger partial charge in [-0.1, -0.05) is 42.5 Å². The number of methoxy groups -OCH3 is 3. The predicted molar refractivity (Wildman–Crippen MR) is 144 cm³/mol. The fraction of sp³-hybridized carbons (Fsp3) is 0.250. The van der Waals surface area contributed by atoms with Crippen molar-refractivity contribution in [2.75, 3.05) is 34.5 Å². The van der Waals surface area contributed by atoms with Crippen molar-refractivity contribution in [1.29, 1.82) is 5.41 Å². The minimum Gasteiger partial charge on any atom is -0.494 e. The molecule has 0 aliphatic heterocycles. The van der Waals surface area contributed by atoms with E-state index in [9.17, 15) is 4.79 Å². The molecule has 4 rings (SSSR count). The summed E-state index contributed by atoms with van der Waals surface area (Å²) in [5.74, 6) is 1.83. The maximum atomic E-state index is 13.0. The van der Waals surface area contributed by atoms with Crippen molar-refractivity contribution in [3.05, 3.63) is 99.7 Å². The number of nitrogens with zero attached hydrogens (tertiary/aromatic N) is 2.